The molecular weight excluding hydrogens is 507 g/mol. The number of carbonyl (C=O) groups excluding carboxylic acids is 1. The van der Waals surface area contributed by atoms with Crippen molar-refractivity contribution in [1.82, 2.24) is 23.9 Å². The van der Waals surface area contributed by atoms with Crippen LogP contribution in [-0.2, 0) is 24.1 Å². The predicted octanol–water partition coefficient (Wildman–Crippen LogP) is 5.09. The van der Waals surface area contributed by atoms with E-state index in [0.717, 1.165) is 51.0 Å². The minimum Gasteiger partial charge on any atom is -0.342 e. The molecule has 2 fully saturated rings. The molecule has 2 aliphatic heterocycles. The van der Waals surface area contributed by atoms with Gasteiger partial charge in [-0.3, -0.25) is 23.8 Å². The summed E-state index contributed by atoms with van der Waals surface area (Å²) in [7, 11) is 0. The first-order valence-corrected chi connectivity index (χ1v) is 14.0. The maximum absolute atomic E-state index is 13.4. The molecule has 0 spiro atoms. The second kappa shape index (κ2) is 11.5. The molecule has 2 aromatic heterocycles. The average Bonchev–Trinajstić information content (AvgIpc) is 3.22. The minimum absolute atomic E-state index is 0.00899. The van der Waals surface area contributed by atoms with Crippen LogP contribution in [0.5, 0.6) is 0 Å². The second-order valence-corrected chi connectivity index (χ2v) is 10.8. The van der Waals surface area contributed by atoms with Crippen LogP contribution in [0.2, 0.25) is 0 Å². The normalized spacial score (nSPS) is 18.2. The van der Waals surface area contributed by atoms with Crippen molar-refractivity contribution in [3.63, 3.8) is 0 Å². The molecule has 0 atom stereocenters. The molecule has 0 unspecified atom stereocenters. The quantitative estimate of drug-likeness (QED) is 0.416. The number of imidazole rings is 1. The summed E-state index contributed by atoms with van der Waals surface area (Å²) in [6.45, 7) is 6.09. The number of pyridine rings is 1. The molecule has 210 valence electrons. The first kappa shape index (κ1) is 27.4. The lowest BCUT2D eigenvalue weighted by Gasteiger charge is -2.37. The van der Waals surface area contributed by atoms with E-state index in [1.54, 1.807) is 17.0 Å². The number of amides is 1. The highest BCUT2D eigenvalue weighted by atomic mass is 19.4. The number of nitrogens with zero attached hydrogens (tertiary/aromatic N) is 5. The highest BCUT2D eigenvalue weighted by molar-refractivity contribution is 5.79. The number of unbranched alkanes of at least 4 members (excludes halogenated alkanes) is 1. The van der Waals surface area contributed by atoms with Crippen molar-refractivity contribution in [2.45, 2.75) is 70.8 Å². The Morgan fingerprint density at radius 2 is 1.67 bits per heavy atom. The third kappa shape index (κ3) is 5.90. The van der Waals surface area contributed by atoms with E-state index in [2.05, 4.69) is 9.88 Å². The number of aromatic nitrogens is 3. The van der Waals surface area contributed by atoms with E-state index >= 15 is 0 Å². The van der Waals surface area contributed by atoms with Crippen LogP contribution in [0.25, 0.3) is 11.0 Å². The molecule has 0 N–H and O–H groups in total. The van der Waals surface area contributed by atoms with E-state index in [0.29, 0.717) is 49.9 Å². The van der Waals surface area contributed by atoms with E-state index in [9.17, 15) is 22.8 Å². The van der Waals surface area contributed by atoms with Crippen LogP contribution in [0.4, 0.5) is 13.2 Å². The lowest BCUT2D eigenvalue weighted by molar-refractivity contribution is -0.138. The van der Waals surface area contributed by atoms with E-state index in [1.165, 1.54) is 16.2 Å². The molecule has 2 aliphatic rings. The van der Waals surface area contributed by atoms with Gasteiger partial charge in [-0.15, -0.1) is 0 Å². The Bertz CT molecular complexity index is 1330. The highest BCUT2D eigenvalue weighted by Crippen LogP contribution is 2.33. The zero-order valence-electron chi connectivity index (χ0n) is 22.4. The number of aryl methyl sites for hydroxylation is 1. The zero-order valence-corrected chi connectivity index (χ0v) is 22.4. The van der Waals surface area contributed by atoms with Gasteiger partial charge in [0.15, 0.2) is 0 Å². The monoisotopic (exact) mass is 543 g/mol. The summed E-state index contributed by atoms with van der Waals surface area (Å²) in [6, 6.07) is 7.47. The summed E-state index contributed by atoms with van der Waals surface area (Å²) in [4.78, 5) is 35.1. The number of hydrogen-bond acceptors (Lipinski definition) is 4. The van der Waals surface area contributed by atoms with Gasteiger partial charge < -0.3 is 4.90 Å². The molecule has 1 aromatic carbocycles. The van der Waals surface area contributed by atoms with Crippen LogP contribution in [0.1, 0.15) is 62.6 Å². The second-order valence-electron chi connectivity index (χ2n) is 10.8. The van der Waals surface area contributed by atoms with E-state index in [-0.39, 0.29) is 23.6 Å². The SMILES string of the molecule is CCCCn1c(=O)n(C2CCN(C(=O)C3CCN(Cc4ccncc4)CC3)CC2)c2ccc(C(F)(F)F)cc21. The Labute approximate surface area is 226 Å². The third-order valence-electron chi connectivity index (χ3n) is 8.26. The van der Waals surface area contributed by atoms with Crippen LogP contribution < -0.4 is 5.69 Å². The van der Waals surface area contributed by atoms with Crippen LogP contribution in [0.15, 0.2) is 47.5 Å². The van der Waals surface area contributed by atoms with Crippen molar-refractivity contribution in [2.24, 2.45) is 5.92 Å². The predicted molar refractivity (Wildman–Crippen MR) is 143 cm³/mol. The van der Waals surface area contributed by atoms with Gasteiger partial charge in [0, 0.05) is 50.5 Å². The molecule has 10 heteroatoms. The van der Waals surface area contributed by atoms with Crippen LogP contribution in [-0.4, -0.2) is 56.0 Å². The fourth-order valence-corrected chi connectivity index (χ4v) is 6.03. The first-order valence-electron chi connectivity index (χ1n) is 14.0. The lowest BCUT2D eigenvalue weighted by atomic mass is 9.93. The Balaban J connectivity index is 1.24. The summed E-state index contributed by atoms with van der Waals surface area (Å²) in [6.07, 6.45) is 3.55. The highest BCUT2D eigenvalue weighted by Gasteiger charge is 2.34. The fraction of sp³-hybridized carbons (Fsp3) is 0.552. The summed E-state index contributed by atoms with van der Waals surface area (Å²) >= 11 is 0. The number of rotatable bonds is 7. The summed E-state index contributed by atoms with van der Waals surface area (Å²) in [5.74, 6) is 0.194. The maximum Gasteiger partial charge on any atom is 0.416 e. The van der Waals surface area contributed by atoms with Gasteiger partial charge in [-0.05, 0) is 81.1 Å². The standard InChI is InChI=1S/C29H36F3N5O2/c1-2-3-14-36-26-19-23(29(30,31)32)4-5-25(26)37(28(36)39)24-10-17-35(18-11-24)27(38)22-8-15-34(16-9-22)20-21-6-12-33-13-7-21/h4-7,12-13,19,22,24H,2-3,8-11,14-18,20H2,1H3. The Hall–Kier alpha value is -3.14. The minimum atomic E-state index is -4.47. The molecule has 3 aromatic rings. The van der Waals surface area contributed by atoms with Gasteiger partial charge in [0.25, 0.3) is 0 Å². The molecule has 39 heavy (non-hydrogen) atoms. The van der Waals surface area contributed by atoms with Gasteiger partial charge in [-0.25, -0.2) is 4.79 Å². The largest absolute Gasteiger partial charge is 0.416 e. The third-order valence-corrected chi connectivity index (χ3v) is 8.26. The molecule has 7 nitrogen and oxygen atoms in total. The van der Waals surface area contributed by atoms with Crippen molar-refractivity contribution in [2.75, 3.05) is 26.2 Å². The molecule has 0 radical (unpaired) electrons. The van der Waals surface area contributed by atoms with Gasteiger partial charge in [0.2, 0.25) is 5.91 Å². The van der Waals surface area contributed by atoms with Crippen molar-refractivity contribution in [3.8, 4) is 0 Å². The van der Waals surface area contributed by atoms with Crippen molar-refractivity contribution >= 4 is 16.9 Å². The smallest absolute Gasteiger partial charge is 0.342 e. The summed E-state index contributed by atoms with van der Waals surface area (Å²) in [5.41, 5.74) is 1.09. The number of halogens is 3. The Kier molecular flexibility index (Phi) is 8.11. The maximum atomic E-state index is 13.4. The van der Waals surface area contributed by atoms with E-state index in [4.69, 9.17) is 0 Å². The van der Waals surface area contributed by atoms with Crippen molar-refractivity contribution in [1.29, 1.82) is 0 Å². The van der Waals surface area contributed by atoms with Gasteiger partial charge in [0.1, 0.15) is 0 Å². The number of hydrogen-bond donors (Lipinski definition) is 0. The summed E-state index contributed by atoms with van der Waals surface area (Å²) in [5, 5.41) is 0. The first-order chi connectivity index (χ1) is 18.8. The molecule has 5 rings (SSSR count). The number of alkyl halides is 3. The van der Waals surface area contributed by atoms with Crippen molar-refractivity contribution < 1.29 is 18.0 Å². The average molecular weight is 544 g/mol. The Morgan fingerprint density at radius 3 is 2.31 bits per heavy atom. The van der Waals surface area contributed by atoms with Crippen LogP contribution >= 0.6 is 0 Å². The number of fused-ring (bicyclic) bond motifs is 1. The molecule has 0 saturated carbocycles. The fourth-order valence-electron chi connectivity index (χ4n) is 6.03. The zero-order chi connectivity index (χ0) is 27.6. The lowest BCUT2D eigenvalue weighted by Crippen LogP contribution is -2.46. The van der Waals surface area contributed by atoms with E-state index in [1.807, 2.05) is 24.0 Å². The molecule has 1 amide bonds. The molecule has 0 aliphatic carbocycles. The molecule has 4 heterocycles. The van der Waals surface area contributed by atoms with Crippen molar-refractivity contribution in [3.05, 3.63) is 64.3 Å². The van der Waals surface area contributed by atoms with Gasteiger partial charge in [-0.1, -0.05) is 13.3 Å². The molecule has 2 saturated heterocycles. The van der Waals surface area contributed by atoms with Gasteiger partial charge in [0.05, 0.1) is 16.6 Å². The summed E-state index contributed by atoms with van der Waals surface area (Å²) < 4.78 is 43.4. The van der Waals surface area contributed by atoms with Gasteiger partial charge in [-0.2, -0.15) is 13.2 Å². The number of benzene rings is 1. The number of likely N-dealkylation sites (tertiary alicyclic amines) is 2. The number of carbonyl (C=O) groups is 1. The number of piperidine rings is 2. The molecular formula is C29H36F3N5O2. The van der Waals surface area contributed by atoms with Gasteiger partial charge >= 0.3 is 11.9 Å². The Morgan fingerprint density at radius 1 is 0.974 bits per heavy atom. The van der Waals surface area contributed by atoms with Crippen LogP contribution in [0, 0.1) is 5.92 Å². The molecule has 0 bridgehead atoms. The van der Waals surface area contributed by atoms with E-state index < -0.39 is 11.7 Å². The topological polar surface area (TPSA) is 63.4 Å². The van der Waals surface area contributed by atoms with Crippen LogP contribution in [0.3, 0.4) is 0 Å².